The summed E-state index contributed by atoms with van der Waals surface area (Å²) in [6, 6.07) is 0. The number of ether oxygens (including phenoxy) is 4. The van der Waals surface area contributed by atoms with Crippen LogP contribution in [0.25, 0.3) is 0 Å². The van der Waals surface area contributed by atoms with E-state index in [2.05, 4.69) is 0 Å². The third-order valence-electron chi connectivity index (χ3n) is 6.46. The first kappa shape index (κ1) is 27.0. The van der Waals surface area contributed by atoms with Gasteiger partial charge in [-0.15, -0.1) is 0 Å². The standard InChI is InChI=1S/C18H32O15/c1-4-7(21)9(23)11(25)15(30-4)18(29)14(27)8(22)5(2-19)32-17(18)33-13-6(3-20)31-16(28)12(26)10(13)24/h4-17,19-29H,2-3H2,1H3/t4-,5+,6+,7+,8-,9+,10+,11-,12+,13+,14-,15-,16-,17-,18-/m0/s1. The van der Waals surface area contributed by atoms with E-state index in [1.54, 1.807) is 0 Å². The molecule has 3 aliphatic heterocycles. The third-order valence-corrected chi connectivity index (χ3v) is 6.46. The van der Waals surface area contributed by atoms with Gasteiger partial charge in [0.05, 0.1) is 19.3 Å². The Morgan fingerprint density at radius 1 is 0.697 bits per heavy atom. The highest BCUT2D eigenvalue weighted by molar-refractivity contribution is 5.11. The van der Waals surface area contributed by atoms with Crippen molar-refractivity contribution in [1.29, 1.82) is 0 Å². The fraction of sp³-hybridized carbons (Fsp3) is 1.00. The Morgan fingerprint density at radius 3 is 1.88 bits per heavy atom. The molecule has 15 heteroatoms. The highest BCUT2D eigenvalue weighted by atomic mass is 16.7. The molecule has 0 unspecified atom stereocenters. The molecule has 15 atom stereocenters. The van der Waals surface area contributed by atoms with Crippen LogP contribution in [0.5, 0.6) is 0 Å². The number of rotatable bonds is 5. The lowest BCUT2D eigenvalue weighted by atomic mass is 9.76. The zero-order chi connectivity index (χ0) is 24.8. The zero-order valence-corrected chi connectivity index (χ0v) is 17.5. The molecule has 15 nitrogen and oxygen atoms in total. The Bertz CT molecular complexity index is 650. The van der Waals surface area contributed by atoms with E-state index in [0.717, 1.165) is 0 Å². The second-order valence-corrected chi connectivity index (χ2v) is 8.57. The van der Waals surface area contributed by atoms with Crippen molar-refractivity contribution >= 4 is 0 Å². The summed E-state index contributed by atoms with van der Waals surface area (Å²) in [5, 5.41) is 112. The van der Waals surface area contributed by atoms with Crippen molar-refractivity contribution in [3.05, 3.63) is 0 Å². The predicted octanol–water partition coefficient (Wildman–Crippen LogP) is -7.16. The van der Waals surface area contributed by atoms with Crippen LogP contribution >= 0.6 is 0 Å². The van der Waals surface area contributed by atoms with E-state index in [-0.39, 0.29) is 0 Å². The largest absolute Gasteiger partial charge is 0.394 e. The van der Waals surface area contributed by atoms with E-state index < -0.39 is 105 Å². The monoisotopic (exact) mass is 488 g/mol. The molecule has 0 aromatic rings. The van der Waals surface area contributed by atoms with Crippen molar-refractivity contribution < 1.29 is 75.1 Å². The minimum absolute atomic E-state index is 0.838. The smallest absolute Gasteiger partial charge is 0.192 e. The molecule has 11 N–H and O–H groups in total. The lowest BCUT2D eigenvalue weighted by Crippen LogP contribution is -2.77. The summed E-state index contributed by atoms with van der Waals surface area (Å²) in [7, 11) is 0. The second kappa shape index (κ2) is 10.2. The summed E-state index contributed by atoms with van der Waals surface area (Å²) in [5.74, 6) is 0. The van der Waals surface area contributed by atoms with Crippen LogP contribution in [0, 0.1) is 0 Å². The third kappa shape index (κ3) is 4.53. The highest BCUT2D eigenvalue weighted by Crippen LogP contribution is 2.41. The van der Waals surface area contributed by atoms with Crippen molar-refractivity contribution in [2.24, 2.45) is 0 Å². The van der Waals surface area contributed by atoms with Crippen LogP contribution in [0.4, 0.5) is 0 Å². The van der Waals surface area contributed by atoms with E-state index in [1.807, 2.05) is 0 Å². The first-order valence-electron chi connectivity index (χ1n) is 10.4. The van der Waals surface area contributed by atoms with E-state index in [1.165, 1.54) is 6.92 Å². The maximum atomic E-state index is 11.5. The molecule has 0 aliphatic carbocycles. The quantitative estimate of drug-likeness (QED) is 0.172. The molecule has 0 spiro atoms. The Balaban J connectivity index is 1.99. The Labute approximate surface area is 187 Å². The van der Waals surface area contributed by atoms with Gasteiger partial charge in [-0.25, -0.2) is 0 Å². The fourth-order valence-electron chi connectivity index (χ4n) is 4.37. The highest BCUT2D eigenvalue weighted by Gasteiger charge is 2.65. The van der Waals surface area contributed by atoms with Gasteiger partial charge >= 0.3 is 0 Å². The van der Waals surface area contributed by atoms with Crippen LogP contribution in [0.2, 0.25) is 0 Å². The van der Waals surface area contributed by atoms with Gasteiger partial charge in [0, 0.05) is 0 Å². The van der Waals surface area contributed by atoms with Crippen LogP contribution in [0.1, 0.15) is 6.92 Å². The van der Waals surface area contributed by atoms with Crippen molar-refractivity contribution in [2.75, 3.05) is 13.2 Å². The lowest BCUT2D eigenvalue weighted by molar-refractivity contribution is -0.406. The van der Waals surface area contributed by atoms with Crippen molar-refractivity contribution in [3.8, 4) is 0 Å². The van der Waals surface area contributed by atoms with E-state index in [0.29, 0.717) is 0 Å². The number of aliphatic hydroxyl groups excluding tert-OH is 10. The normalized spacial score (nSPS) is 56.0. The molecule has 3 saturated heterocycles. The van der Waals surface area contributed by atoms with Gasteiger partial charge in [0.15, 0.2) is 18.2 Å². The Morgan fingerprint density at radius 2 is 1.30 bits per heavy atom. The van der Waals surface area contributed by atoms with Gasteiger partial charge in [-0.2, -0.15) is 0 Å². The molecule has 0 aromatic heterocycles. The SMILES string of the molecule is C[C@@H]1O[C@H]([C@]2(O)[C@H](O[C@H]3[C@H](O)[C@@H](O)[C@@H](O)O[C@@H]3CO)O[C@H](CO)[C@H](O)[C@@H]2O)[C@@H](O)[C@H](O)[C@@H]1O. The Hall–Kier alpha value is -0.600. The van der Waals surface area contributed by atoms with Crippen LogP contribution in [-0.2, 0) is 18.9 Å². The number of aliphatic hydroxyl groups is 11. The maximum absolute atomic E-state index is 11.5. The zero-order valence-electron chi connectivity index (χ0n) is 17.5. The second-order valence-electron chi connectivity index (χ2n) is 8.57. The molecule has 0 amide bonds. The van der Waals surface area contributed by atoms with Crippen LogP contribution in [-0.4, -0.2) is 161 Å². The summed E-state index contributed by atoms with van der Waals surface area (Å²) < 4.78 is 21.3. The molecule has 0 radical (unpaired) electrons. The minimum atomic E-state index is -2.89. The molecule has 3 aliphatic rings. The number of hydrogen-bond acceptors (Lipinski definition) is 15. The summed E-state index contributed by atoms with van der Waals surface area (Å²) in [6.07, 6.45) is -25.3. The average Bonchev–Trinajstić information content (AvgIpc) is 2.80. The van der Waals surface area contributed by atoms with Crippen LogP contribution in [0.15, 0.2) is 0 Å². The maximum Gasteiger partial charge on any atom is 0.192 e. The molecule has 3 rings (SSSR count). The molecular weight excluding hydrogens is 456 g/mol. The first-order chi connectivity index (χ1) is 15.4. The van der Waals surface area contributed by atoms with E-state index in [4.69, 9.17) is 18.9 Å². The summed E-state index contributed by atoms with van der Waals surface area (Å²) >= 11 is 0. The van der Waals surface area contributed by atoms with Crippen molar-refractivity contribution in [1.82, 2.24) is 0 Å². The summed E-state index contributed by atoms with van der Waals surface area (Å²) in [5.41, 5.74) is -2.89. The topological polar surface area (TPSA) is 259 Å². The van der Waals surface area contributed by atoms with Crippen LogP contribution in [0.3, 0.4) is 0 Å². The predicted molar refractivity (Wildman–Crippen MR) is 99.9 cm³/mol. The molecule has 0 bridgehead atoms. The van der Waals surface area contributed by atoms with Gasteiger partial charge in [-0.3, -0.25) is 0 Å². The number of hydrogen-bond donors (Lipinski definition) is 11. The van der Waals surface area contributed by atoms with Crippen LogP contribution < -0.4 is 0 Å². The van der Waals surface area contributed by atoms with Gasteiger partial charge in [-0.1, -0.05) is 0 Å². The molecule has 33 heavy (non-hydrogen) atoms. The summed E-state index contributed by atoms with van der Waals surface area (Å²) in [6.45, 7) is -0.405. The molecule has 3 fully saturated rings. The van der Waals surface area contributed by atoms with Crippen molar-refractivity contribution in [3.63, 3.8) is 0 Å². The van der Waals surface area contributed by atoms with Gasteiger partial charge < -0.3 is 75.1 Å². The fourth-order valence-corrected chi connectivity index (χ4v) is 4.37. The van der Waals surface area contributed by atoms with Gasteiger partial charge in [0.1, 0.15) is 67.1 Å². The average molecular weight is 488 g/mol. The van der Waals surface area contributed by atoms with E-state index in [9.17, 15) is 56.2 Å². The molecule has 0 aromatic carbocycles. The molecular formula is C18H32O15. The van der Waals surface area contributed by atoms with Gasteiger partial charge in [-0.05, 0) is 6.92 Å². The summed E-state index contributed by atoms with van der Waals surface area (Å²) in [4.78, 5) is 0. The van der Waals surface area contributed by atoms with Gasteiger partial charge in [0.25, 0.3) is 0 Å². The molecule has 0 saturated carbocycles. The lowest BCUT2D eigenvalue weighted by Gasteiger charge is -2.55. The minimum Gasteiger partial charge on any atom is -0.394 e. The first-order valence-corrected chi connectivity index (χ1v) is 10.4. The molecule has 3 heterocycles. The van der Waals surface area contributed by atoms with E-state index >= 15 is 0 Å². The van der Waals surface area contributed by atoms with Crippen molar-refractivity contribution in [2.45, 2.75) is 98.4 Å². The molecule has 194 valence electrons. The van der Waals surface area contributed by atoms with Gasteiger partial charge in [0.2, 0.25) is 0 Å². The Kier molecular flexibility index (Phi) is 8.32.